The Kier molecular flexibility index (Phi) is 5.36. The lowest BCUT2D eigenvalue weighted by Gasteiger charge is -2.38. The first-order chi connectivity index (χ1) is 12.0. The van der Waals surface area contributed by atoms with Gasteiger partial charge < -0.3 is 4.90 Å². The van der Waals surface area contributed by atoms with Crippen molar-refractivity contribution in [1.82, 2.24) is 9.80 Å². The molecule has 0 spiro atoms. The van der Waals surface area contributed by atoms with E-state index in [1.54, 1.807) is 4.90 Å². The summed E-state index contributed by atoms with van der Waals surface area (Å²) in [6.07, 6.45) is 0. The first-order valence-corrected chi connectivity index (χ1v) is 9.19. The molecule has 3 rings (SSSR count). The van der Waals surface area contributed by atoms with Crippen LogP contribution < -0.4 is 0 Å². The van der Waals surface area contributed by atoms with E-state index in [1.165, 1.54) is 12.1 Å². The average Bonchev–Trinajstić information content (AvgIpc) is 3.11. The van der Waals surface area contributed by atoms with Gasteiger partial charge in [0.05, 0.1) is 9.80 Å². The number of rotatable bonds is 4. The summed E-state index contributed by atoms with van der Waals surface area (Å²) in [6.45, 7) is 4.79. The molecule has 0 aliphatic carbocycles. The molecule has 0 bridgehead atoms. The molecule has 1 aliphatic rings. The molecule has 1 aromatic carbocycles. The summed E-state index contributed by atoms with van der Waals surface area (Å²) in [6, 6.07) is 10.9. The second kappa shape index (κ2) is 7.51. The minimum atomic E-state index is -0.468. The standard InChI is InChI=1S/C17H18ClN3O3S/c1-12(13-4-2-3-5-14(13)18)19-8-10-20(11-9-19)17(22)15-6-7-16(25-15)21(23)24/h2-7,12H,8-11H2,1H3. The van der Waals surface area contributed by atoms with E-state index in [0.29, 0.717) is 18.0 Å². The summed E-state index contributed by atoms with van der Waals surface area (Å²) < 4.78 is 0. The van der Waals surface area contributed by atoms with Crippen LogP contribution in [0.4, 0.5) is 5.00 Å². The van der Waals surface area contributed by atoms with Crippen molar-refractivity contribution >= 4 is 33.8 Å². The molecule has 1 saturated heterocycles. The zero-order valence-electron chi connectivity index (χ0n) is 13.7. The number of amides is 1. The molecule has 132 valence electrons. The monoisotopic (exact) mass is 379 g/mol. The Morgan fingerprint density at radius 2 is 1.88 bits per heavy atom. The van der Waals surface area contributed by atoms with Crippen LogP contribution in [0.2, 0.25) is 5.02 Å². The molecule has 0 N–H and O–H groups in total. The van der Waals surface area contributed by atoms with Gasteiger partial charge in [0.25, 0.3) is 5.91 Å². The third-order valence-electron chi connectivity index (χ3n) is 4.49. The van der Waals surface area contributed by atoms with Gasteiger partial charge in [-0.3, -0.25) is 19.8 Å². The predicted octanol–water partition coefficient (Wildman–Crippen LogP) is 3.83. The Labute approximate surface area is 154 Å². The van der Waals surface area contributed by atoms with Crippen molar-refractivity contribution in [2.45, 2.75) is 13.0 Å². The number of hydrogen-bond donors (Lipinski definition) is 0. The minimum absolute atomic E-state index is 0.00525. The van der Waals surface area contributed by atoms with Gasteiger partial charge in [0.2, 0.25) is 0 Å². The Hall–Kier alpha value is -1.96. The van der Waals surface area contributed by atoms with Gasteiger partial charge in [0.15, 0.2) is 0 Å². The number of thiophene rings is 1. The van der Waals surface area contributed by atoms with Crippen LogP contribution in [0.5, 0.6) is 0 Å². The highest BCUT2D eigenvalue weighted by atomic mass is 35.5. The lowest BCUT2D eigenvalue weighted by atomic mass is 10.1. The maximum absolute atomic E-state index is 12.5. The van der Waals surface area contributed by atoms with E-state index in [4.69, 9.17) is 11.6 Å². The minimum Gasteiger partial charge on any atom is -0.335 e. The Balaban J connectivity index is 1.62. The highest BCUT2D eigenvalue weighted by Gasteiger charge is 2.27. The Morgan fingerprint density at radius 1 is 1.20 bits per heavy atom. The topological polar surface area (TPSA) is 66.7 Å². The second-order valence-electron chi connectivity index (χ2n) is 5.92. The first kappa shape index (κ1) is 17.8. The van der Waals surface area contributed by atoms with Crippen LogP contribution in [-0.2, 0) is 0 Å². The molecule has 2 heterocycles. The van der Waals surface area contributed by atoms with Gasteiger partial charge in [-0.05, 0) is 24.6 Å². The van der Waals surface area contributed by atoms with Gasteiger partial charge in [0.1, 0.15) is 0 Å². The predicted molar refractivity (Wildman–Crippen MR) is 98.3 cm³/mol. The van der Waals surface area contributed by atoms with E-state index in [2.05, 4.69) is 11.8 Å². The third kappa shape index (κ3) is 3.84. The van der Waals surface area contributed by atoms with Crippen LogP contribution in [0.15, 0.2) is 36.4 Å². The molecule has 1 fully saturated rings. The van der Waals surface area contributed by atoms with Crippen molar-refractivity contribution < 1.29 is 9.72 Å². The molecule has 1 unspecified atom stereocenters. The SMILES string of the molecule is CC(c1ccccc1Cl)N1CCN(C(=O)c2ccc([N+](=O)[O-])s2)CC1. The quantitative estimate of drug-likeness (QED) is 0.598. The number of piperazine rings is 1. The normalized spacial score (nSPS) is 16.6. The lowest BCUT2D eigenvalue weighted by Crippen LogP contribution is -2.49. The van der Waals surface area contributed by atoms with E-state index >= 15 is 0 Å². The first-order valence-electron chi connectivity index (χ1n) is 7.99. The third-order valence-corrected chi connectivity index (χ3v) is 5.86. The van der Waals surface area contributed by atoms with Crippen molar-refractivity contribution in [3.63, 3.8) is 0 Å². The van der Waals surface area contributed by atoms with Crippen LogP contribution in [0.1, 0.15) is 28.2 Å². The molecule has 0 radical (unpaired) electrons. The molecular weight excluding hydrogens is 362 g/mol. The van der Waals surface area contributed by atoms with Gasteiger partial charge in [-0.25, -0.2) is 0 Å². The highest BCUT2D eigenvalue weighted by Crippen LogP contribution is 2.29. The van der Waals surface area contributed by atoms with Crippen LogP contribution in [-0.4, -0.2) is 46.8 Å². The van der Waals surface area contributed by atoms with Gasteiger partial charge in [-0.15, -0.1) is 0 Å². The van der Waals surface area contributed by atoms with E-state index in [0.717, 1.165) is 35.0 Å². The molecule has 1 atom stereocenters. The van der Waals surface area contributed by atoms with Crippen molar-refractivity contribution in [3.8, 4) is 0 Å². The van der Waals surface area contributed by atoms with Gasteiger partial charge >= 0.3 is 5.00 Å². The fraction of sp³-hybridized carbons (Fsp3) is 0.353. The number of hydrogen-bond acceptors (Lipinski definition) is 5. The smallest absolute Gasteiger partial charge is 0.324 e. The summed E-state index contributed by atoms with van der Waals surface area (Å²) in [7, 11) is 0. The number of nitrogens with zero attached hydrogens (tertiary/aromatic N) is 3. The van der Waals surface area contributed by atoms with Gasteiger partial charge in [-0.2, -0.15) is 0 Å². The van der Waals surface area contributed by atoms with E-state index in [9.17, 15) is 14.9 Å². The molecule has 8 heteroatoms. The highest BCUT2D eigenvalue weighted by molar-refractivity contribution is 7.17. The van der Waals surface area contributed by atoms with Crippen LogP contribution in [0, 0.1) is 10.1 Å². The number of halogens is 1. The number of carbonyl (C=O) groups is 1. The lowest BCUT2D eigenvalue weighted by molar-refractivity contribution is -0.380. The molecular formula is C17H18ClN3O3S. The Morgan fingerprint density at radius 3 is 2.48 bits per heavy atom. The van der Waals surface area contributed by atoms with Gasteiger partial charge in [-0.1, -0.05) is 41.1 Å². The summed E-state index contributed by atoms with van der Waals surface area (Å²) in [5.74, 6) is -0.136. The number of carbonyl (C=O) groups excluding carboxylic acids is 1. The largest absolute Gasteiger partial charge is 0.335 e. The van der Waals surface area contributed by atoms with Crippen molar-refractivity contribution in [2.24, 2.45) is 0 Å². The maximum Gasteiger partial charge on any atom is 0.324 e. The van der Waals surface area contributed by atoms with Crippen LogP contribution in [0.3, 0.4) is 0 Å². The second-order valence-corrected chi connectivity index (χ2v) is 7.39. The van der Waals surface area contributed by atoms with Crippen molar-refractivity contribution in [2.75, 3.05) is 26.2 Å². The number of nitro groups is 1. The molecule has 1 amide bonds. The van der Waals surface area contributed by atoms with Crippen LogP contribution >= 0.6 is 22.9 Å². The molecule has 1 aromatic heterocycles. The summed E-state index contributed by atoms with van der Waals surface area (Å²) >= 11 is 7.21. The Bertz CT molecular complexity index is 787. The van der Waals surface area contributed by atoms with Crippen molar-refractivity contribution in [1.29, 1.82) is 0 Å². The van der Waals surface area contributed by atoms with Gasteiger partial charge in [0, 0.05) is 43.3 Å². The van der Waals surface area contributed by atoms with E-state index in [-0.39, 0.29) is 17.0 Å². The number of benzene rings is 1. The molecule has 0 saturated carbocycles. The molecule has 6 nitrogen and oxygen atoms in total. The zero-order chi connectivity index (χ0) is 18.0. The van der Waals surface area contributed by atoms with Crippen molar-refractivity contribution in [3.05, 3.63) is 62.0 Å². The molecule has 25 heavy (non-hydrogen) atoms. The van der Waals surface area contributed by atoms with E-state index in [1.807, 2.05) is 24.3 Å². The maximum atomic E-state index is 12.5. The average molecular weight is 380 g/mol. The fourth-order valence-corrected chi connectivity index (χ4v) is 4.10. The zero-order valence-corrected chi connectivity index (χ0v) is 15.3. The summed E-state index contributed by atoms with van der Waals surface area (Å²) in [5.41, 5.74) is 1.08. The molecule has 2 aromatic rings. The molecule has 1 aliphatic heterocycles. The van der Waals surface area contributed by atoms with E-state index < -0.39 is 4.92 Å². The fourth-order valence-electron chi connectivity index (χ4n) is 3.02. The van der Waals surface area contributed by atoms with Crippen LogP contribution in [0.25, 0.3) is 0 Å². The summed E-state index contributed by atoms with van der Waals surface area (Å²) in [5, 5.41) is 11.5. The summed E-state index contributed by atoms with van der Waals surface area (Å²) in [4.78, 5) is 27.3.